The predicted octanol–water partition coefficient (Wildman–Crippen LogP) is -1.20. The number of carboxylic acid groups (broad SMARTS) is 1. The van der Waals surface area contributed by atoms with Crippen molar-refractivity contribution in [2.75, 3.05) is 12.8 Å². The van der Waals surface area contributed by atoms with Crippen LogP contribution in [0.2, 0.25) is 0 Å². The standard InChI is InChI=1S/C14H24N2O6S/c1-6(2)9(17)14(10(18)7(3)11(19)16-14)13(22)23-5-8(15-4)12(20)21/h6-10,15,17-18H,5H2,1-4H3,(H,16,19)(H,20,21)/t7-,8+,9+,10+,14-/m1/s1. The minimum atomic E-state index is -1.83. The van der Waals surface area contributed by atoms with Crippen LogP contribution < -0.4 is 10.6 Å². The Morgan fingerprint density at radius 2 is 2.00 bits per heavy atom. The summed E-state index contributed by atoms with van der Waals surface area (Å²) in [7, 11) is 1.46. The van der Waals surface area contributed by atoms with Gasteiger partial charge < -0.3 is 26.0 Å². The van der Waals surface area contributed by atoms with Gasteiger partial charge in [0.05, 0.1) is 18.1 Å². The van der Waals surface area contributed by atoms with E-state index in [2.05, 4.69) is 10.6 Å². The monoisotopic (exact) mass is 348 g/mol. The fraction of sp³-hybridized carbons (Fsp3) is 0.786. The van der Waals surface area contributed by atoms with Crippen molar-refractivity contribution in [3.63, 3.8) is 0 Å². The van der Waals surface area contributed by atoms with Gasteiger partial charge in [0.1, 0.15) is 6.04 Å². The summed E-state index contributed by atoms with van der Waals surface area (Å²) < 4.78 is 0. The van der Waals surface area contributed by atoms with Gasteiger partial charge in [-0.05, 0) is 13.0 Å². The summed E-state index contributed by atoms with van der Waals surface area (Å²) in [6.45, 7) is 4.81. The van der Waals surface area contributed by atoms with Crippen LogP contribution in [0.1, 0.15) is 20.8 Å². The Kier molecular flexibility index (Phi) is 6.58. The van der Waals surface area contributed by atoms with E-state index in [0.717, 1.165) is 0 Å². The van der Waals surface area contributed by atoms with Gasteiger partial charge in [-0.25, -0.2) is 0 Å². The molecule has 0 aromatic rings. The molecule has 1 saturated heterocycles. The Labute approximate surface area is 139 Å². The molecule has 5 atom stereocenters. The molecule has 1 fully saturated rings. The maximum absolute atomic E-state index is 12.7. The second-order valence-electron chi connectivity index (χ2n) is 6.06. The van der Waals surface area contributed by atoms with Gasteiger partial charge in [0.2, 0.25) is 11.0 Å². The zero-order chi connectivity index (χ0) is 17.9. The Morgan fingerprint density at radius 1 is 1.43 bits per heavy atom. The number of aliphatic hydroxyl groups excluding tert-OH is 2. The highest BCUT2D eigenvalue weighted by atomic mass is 32.2. The minimum Gasteiger partial charge on any atom is -0.480 e. The number of aliphatic hydroxyl groups is 2. The average Bonchev–Trinajstić information content (AvgIpc) is 2.71. The maximum Gasteiger partial charge on any atom is 0.321 e. The van der Waals surface area contributed by atoms with Crippen molar-refractivity contribution >= 4 is 28.8 Å². The van der Waals surface area contributed by atoms with Crippen molar-refractivity contribution < 1.29 is 29.7 Å². The summed E-state index contributed by atoms with van der Waals surface area (Å²) in [6, 6.07) is -0.955. The Morgan fingerprint density at radius 3 is 2.35 bits per heavy atom. The molecule has 0 radical (unpaired) electrons. The number of rotatable bonds is 7. The zero-order valence-corrected chi connectivity index (χ0v) is 14.4. The van der Waals surface area contributed by atoms with Crippen molar-refractivity contribution in [2.45, 2.75) is 44.6 Å². The molecule has 5 N–H and O–H groups in total. The first-order valence-electron chi connectivity index (χ1n) is 7.35. The van der Waals surface area contributed by atoms with Crippen LogP contribution in [0.25, 0.3) is 0 Å². The average molecular weight is 348 g/mol. The first kappa shape index (κ1) is 19.9. The number of nitrogens with one attached hydrogen (secondary N) is 2. The first-order chi connectivity index (χ1) is 10.6. The summed E-state index contributed by atoms with van der Waals surface area (Å²) in [5.74, 6) is -2.95. The number of carbonyl (C=O) groups is 3. The third-order valence-electron chi connectivity index (χ3n) is 4.15. The van der Waals surface area contributed by atoms with Gasteiger partial charge in [0, 0.05) is 5.75 Å². The Hall–Kier alpha value is -1.16. The van der Waals surface area contributed by atoms with Crippen LogP contribution in [0, 0.1) is 11.8 Å². The van der Waals surface area contributed by atoms with Crippen LogP contribution in [0.15, 0.2) is 0 Å². The van der Waals surface area contributed by atoms with Crippen LogP contribution >= 0.6 is 11.8 Å². The van der Waals surface area contributed by atoms with Crippen molar-refractivity contribution in [3.8, 4) is 0 Å². The summed E-state index contributed by atoms with van der Waals surface area (Å²) in [6.07, 6.45) is -2.67. The molecule has 0 bridgehead atoms. The lowest BCUT2D eigenvalue weighted by molar-refractivity contribution is -0.138. The summed E-state index contributed by atoms with van der Waals surface area (Å²) in [5.41, 5.74) is -1.83. The van der Waals surface area contributed by atoms with Crippen molar-refractivity contribution in [3.05, 3.63) is 0 Å². The molecule has 0 aliphatic carbocycles. The minimum absolute atomic E-state index is 0.0891. The number of likely N-dealkylation sites (N-methyl/N-ethyl adjacent to an activating group) is 1. The highest BCUT2D eigenvalue weighted by Crippen LogP contribution is 2.36. The topological polar surface area (TPSA) is 136 Å². The fourth-order valence-corrected chi connectivity index (χ4v) is 3.71. The quantitative estimate of drug-likeness (QED) is 0.387. The Balaban J connectivity index is 3.05. The van der Waals surface area contributed by atoms with Crippen molar-refractivity contribution in [1.82, 2.24) is 10.6 Å². The Bertz CT molecular complexity index is 486. The largest absolute Gasteiger partial charge is 0.480 e. The molecule has 1 aliphatic heterocycles. The molecule has 1 aliphatic rings. The molecule has 1 rings (SSSR count). The van der Waals surface area contributed by atoms with E-state index in [4.69, 9.17) is 5.11 Å². The van der Waals surface area contributed by atoms with Gasteiger partial charge in [-0.1, -0.05) is 32.5 Å². The highest BCUT2D eigenvalue weighted by Gasteiger charge is 2.60. The van der Waals surface area contributed by atoms with Crippen LogP contribution in [0.5, 0.6) is 0 Å². The lowest BCUT2D eigenvalue weighted by Gasteiger charge is -2.37. The molecular weight excluding hydrogens is 324 g/mol. The van der Waals surface area contributed by atoms with E-state index in [1.807, 2.05) is 0 Å². The zero-order valence-electron chi connectivity index (χ0n) is 13.6. The number of hydrogen-bond acceptors (Lipinski definition) is 7. The van der Waals surface area contributed by atoms with Crippen molar-refractivity contribution in [2.24, 2.45) is 11.8 Å². The molecule has 0 aromatic carbocycles. The SMILES string of the molecule is CN[C@@H](CSC(=O)[C@]1([C@@H](O)C(C)C)NC(=O)[C@H](C)[C@@H]1O)C(=O)O. The molecule has 9 heteroatoms. The molecular formula is C14H24N2O6S. The van der Waals surface area contributed by atoms with Crippen molar-refractivity contribution in [1.29, 1.82) is 0 Å². The molecule has 0 aromatic heterocycles. The third-order valence-corrected chi connectivity index (χ3v) is 5.25. The highest BCUT2D eigenvalue weighted by molar-refractivity contribution is 8.13. The summed E-state index contributed by atoms with van der Waals surface area (Å²) in [5, 5.41) is 34.2. The molecule has 0 saturated carbocycles. The molecule has 0 unspecified atom stereocenters. The fourth-order valence-electron chi connectivity index (χ4n) is 2.55. The van der Waals surface area contributed by atoms with Gasteiger partial charge >= 0.3 is 5.97 Å². The summed E-state index contributed by atoms with van der Waals surface area (Å²) in [4.78, 5) is 35.5. The van der Waals surface area contributed by atoms with Crippen LogP contribution in [-0.4, -0.2) is 68.9 Å². The van der Waals surface area contributed by atoms with Gasteiger partial charge in [-0.2, -0.15) is 0 Å². The third kappa shape index (κ3) is 3.68. The van der Waals surface area contributed by atoms with Gasteiger partial charge in [-0.3, -0.25) is 14.4 Å². The van der Waals surface area contributed by atoms with Crippen LogP contribution in [-0.2, 0) is 14.4 Å². The van der Waals surface area contributed by atoms with Crippen LogP contribution in [0.4, 0.5) is 0 Å². The number of carbonyl (C=O) groups excluding carboxylic acids is 2. The molecule has 132 valence electrons. The van der Waals surface area contributed by atoms with E-state index in [-0.39, 0.29) is 11.7 Å². The van der Waals surface area contributed by atoms with E-state index in [1.54, 1.807) is 13.8 Å². The molecule has 0 spiro atoms. The lowest BCUT2D eigenvalue weighted by atomic mass is 9.81. The van der Waals surface area contributed by atoms with E-state index >= 15 is 0 Å². The molecule has 23 heavy (non-hydrogen) atoms. The molecule has 1 heterocycles. The van der Waals surface area contributed by atoms with Gasteiger partial charge in [0.25, 0.3) is 0 Å². The second kappa shape index (κ2) is 7.61. The molecule has 8 nitrogen and oxygen atoms in total. The molecule has 1 amide bonds. The number of hydrogen-bond donors (Lipinski definition) is 5. The lowest BCUT2D eigenvalue weighted by Crippen LogP contribution is -2.64. The maximum atomic E-state index is 12.7. The first-order valence-corrected chi connectivity index (χ1v) is 8.33. The van der Waals surface area contributed by atoms with Gasteiger partial charge in [-0.15, -0.1) is 0 Å². The van der Waals surface area contributed by atoms with E-state index in [1.165, 1.54) is 14.0 Å². The number of amides is 1. The number of carboxylic acids is 1. The smallest absolute Gasteiger partial charge is 0.321 e. The normalized spacial score (nSPS) is 30.1. The van der Waals surface area contributed by atoms with E-state index in [0.29, 0.717) is 11.8 Å². The summed E-state index contributed by atoms with van der Waals surface area (Å²) >= 11 is 0.670. The van der Waals surface area contributed by atoms with Gasteiger partial charge in [0.15, 0.2) is 5.54 Å². The second-order valence-corrected chi connectivity index (χ2v) is 7.05. The predicted molar refractivity (Wildman–Crippen MR) is 84.8 cm³/mol. The number of aliphatic carboxylic acids is 1. The van der Waals surface area contributed by atoms with Crippen LogP contribution in [0.3, 0.4) is 0 Å². The van der Waals surface area contributed by atoms with E-state index in [9.17, 15) is 24.6 Å². The van der Waals surface area contributed by atoms with E-state index < -0.39 is 46.7 Å². The number of thioether (sulfide) groups is 1.